The van der Waals surface area contributed by atoms with E-state index in [1.54, 1.807) is 0 Å². The summed E-state index contributed by atoms with van der Waals surface area (Å²) in [5.41, 5.74) is 1.11. The van der Waals surface area contributed by atoms with Crippen LogP contribution in [0, 0.1) is 0 Å². The summed E-state index contributed by atoms with van der Waals surface area (Å²) in [5.74, 6) is 2.56. The molecule has 2 heterocycles. The number of rotatable bonds is 0. The van der Waals surface area contributed by atoms with E-state index in [2.05, 4.69) is 13.8 Å². The summed E-state index contributed by atoms with van der Waals surface area (Å²) >= 11 is 0. The molecule has 0 unspecified atom stereocenters. The summed E-state index contributed by atoms with van der Waals surface area (Å²) in [6.07, 6.45) is 0.930. The number of benzene rings is 1. The van der Waals surface area contributed by atoms with Gasteiger partial charge in [0.15, 0.2) is 11.5 Å². The van der Waals surface area contributed by atoms with Gasteiger partial charge in [0.25, 0.3) is 0 Å². The third-order valence-corrected chi connectivity index (χ3v) is 2.56. The second-order valence-electron chi connectivity index (χ2n) is 4.35. The molecule has 0 fully saturated rings. The van der Waals surface area contributed by atoms with Crippen LogP contribution in [-0.4, -0.2) is 12.4 Å². The van der Waals surface area contributed by atoms with Crippen molar-refractivity contribution in [2.45, 2.75) is 25.9 Å². The molecule has 2 aliphatic rings. The van der Waals surface area contributed by atoms with Crippen molar-refractivity contribution in [1.29, 1.82) is 0 Å². The molecule has 0 aromatic heterocycles. The predicted octanol–water partition coefficient (Wildman–Crippen LogP) is 2.13. The van der Waals surface area contributed by atoms with E-state index in [-0.39, 0.29) is 5.60 Å². The molecule has 2 aliphatic heterocycles. The van der Waals surface area contributed by atoms with Crippen molar-refractivity contribution < 1.29 is 14.2 Å². The second kappa shape index (κ2) is 2.35. The van der Waals surface area contributed by atoms with Crippen LogP contribution in [0.25, 0.3) is 0 Å². The first-order valence-corrected chi connectivity index (χ1v) is 4.76. The maximum atomic E-state index is 5.78. The molecule has 14 heavy (non-hydrogen) atoms. The Morgan fingerprint density at radius 2 is 1.79 bits per heavy atom. The Balaban J connectivity index is 2.08. The highest BCUT2D eigenvalue weighted by atomic mass is 16.7. The summed E-state index contributed by atoms with van der Waals surface area (Å²) in [6, 6.07) is 3.94. The van der Waals surface area contributed by atoms with Crippen molar-refractivity contribution in [3.8, 4) is 17.2 Å². The molecule has 1 aromatic rings. The standard InChI is InChI=1S/C11H12O3/c1-11(2)5-7-3-9-10(13-6-12-9)4-8(7)14-11/h3-4H,5-6H2,1-2H3. The summed E-state index contributed by atoms with van der Waals surface area (Å²) in [6.45, 7) is 4.49. The van der Waals surface area contributed by atoms with Crippen LogP contribution in [0.15, 0.2) is 12.1 Å². The van der Waals surface area contributed by atoms with Crippen LogP contribution in [0.1, 0.15) is 19.4 Å². The SMILES string of the molecule is CC1(C)Cc2cc3c(cc2O1)OCO3. The minimum absolute atomic E-state index is 0.0998. The van der Waals surface area contributed by atoms with Gasteiger partial charge in [-0.2, -0.15) is 0 Å². The maximum absolute atomic E-state index is 5.78. The molecule has 0 aliphatic carbocycles. The molecule has 74 valence electrons. The molecule has 3 heteroatoms. The largest absolute Gasteiger partial charge is 0.487 e. The Bertz CT molecular complexity index is 361. The molecule has 0 amide bonds. The summed E-state index contributed by atoms with van der Waals surface area (Å²) in [4.78, 5) is 0. The Kier molecular flexibility index (Phi) is 1.34. The van der Waals surface area contributed by atoms with Gasteiger partial charge in [0, 0.05) is 18.1 Å². The van der Waals surface area contributed by atoms with Crippen LogP contribution >= 0.6 is 0 Å². The third-order valence-electron chi connectivity index (χ3n) is 2.56. The smallest absolute Gasteiger partial charge is 0.231 e. The van der Waals surface area contributed by atoms with Crippen LogP contribution in [0.5, 0.6) is 17.2 Å². The van der Waals surface area contributed by atoms with E-state index in [1.807, 2.05) is 12.1 Å². The van der Waals surface area contributed by atoms with Crippen molar-refractivity contribution >= 4 is 0 Å². The van der Waals surface area contributed by atoms with E-state index in [4.69, 9.17) is 14.2 Å². The maximum Gasteiger partial charge on any atom is 0.231 e. The fraction of sp³-hybridized carbons (Fsp3) is 0.455. The molecule has 0 bridgehead atoms. The lowest BCUT2D eigenvalue weighted by molar-refractivity contribution is 0.137. The highest BCUT2D eigenvalue weighted by Gasteiger charge is 2.32. The topological polar surface area (TPSA) is 27.7 Å². The lowest BCUT2D eigenvalue weighted by Gasteiger charge is -2.16. The Hall–Kier alpha value is -1.38. The summed E-state index contributed by atoms with van der Waals surface area (Å²) in [7, 11) is 0. The van der Waals surface area contributed by atoms with Gasteiger partial charge in [-0.1, -0.05) is 0 Å². The minimum Gasteiger partial charge on any atom is -0.487 e. The molecule has 0 saturated carbocycles. The predicted molar refractivity (Wildman–Crippen MR) is 51.0 cm³/mol. The van der Waals surface area contributed by atoms with E-state index in [1.165, 1.54) is 5.56 Å². The third kappa shape index (κ3) is 1.05. The number of hydrogen-bond acceptors (Lipinski definition) is 3. The van der Waals surface area contributed by atoms with Crippen molar-refractivity contribution in [1.82, 2.24) is 0 Å². The molecule has 0 spiro atoms. The summed E-state index contributed by atoms with van der Waals surface area (Å²) < 4.78 is 16.4. The minimum atomic E-state index is -0.0998. The van der Waals surface area contributed by atoms with Gasteiger partial charge >= 0.3 is 0 Å². The number of ether oxygens (including phenoxy) is 3. The van der Waals surface area contributed by atoms with Crippen molar-refractivity contribution in [2.75, 3.05) is 6.79 Å². The highest BCUT2D eigenvalue weighted by Crippen LogP contribution is 2.43. The molecule has 0 radical (unpaired) electrons. The average Bonchev–Trinajstić information content (AvgIpc) is 2.59. The fourth-order valence-corrected chi connectivity index (χ4v) is 1.99. The lowest BCUT2D eigenvalue weighted by atomic mass is 10.0. The van der Waals surface area contributed by atoms with Crippen LogP contribution in [0.2, 0.25) is 0 Å². The normalized spacial score (nSPS) is 20.4. The summed E-state index contributed by atoms with van der Waals surface area (Å²) in [5, 5.41) is 0. The first kappa shape index (κ1) is 7.97. The molecule has 0 atom stereocenters. The van der Waals surface area contributed by atoms with Gasteiger partial charge in [-0.25, -0.2) is 0 Å². The average molecular weight is 192 g/mol. The lowest BCUT2D eigenvalue weighted by Crippen LogP contribution is -2.24. The molecule has 0 saturated heterocycles. The van der Waals surface area contributed by atoms with Crippen LogP contribution in [0.3, 0.4) is 0 Å². The Morgan fingerprint density at radius 3 is 2.57 bits per heavy atom. The molecular formula is C11H12O3. The van der Waals surface area contributed by atoms with Crippen molar-refractivity contribution in [3.63, 3.8) is 0 Å². The van der Waals surface area contributed by atoms with E-state index >= 15 is 0 Å². The van der Waals surface area contributed by atoms with Gasteiger partial charge in [-0.05, 0) is 19.9 Å². The number of fused-ring (bicyclic) bond motifs is 2. The fourth-order valence-electron chi connectivity index (χ4n) is 1.99. The molecule has 3 rings (SSSR count). The Labute approximate surface area is 82.6 Å². The monoisotopic (exact) mass is 192 g/mol. The molecule has 0 N–H and O–H groups in total. The van der Waals surface area contributed by atoms with Crippen LogP contribution < -0.4 is 14.2 Å². The molecule has 1 aromatic carbocycles. The van der Waals surface area contributed by atoms with Gasteiger partial charge in [-0.15, -0.1) is 0 Å². The zero-order valence-corrected chi connectivity index (χ0v) is 8.29. The molecule has 3 nitrogen and oxygen atoms in total. The van der Waals surface area contributed by atoms with Gasteiger partial charge in [-0.3, -0.25) is 0 Å². The highest BCUT2D eigenvalue weighted by molar-refractivity contribution is 5.53. The van der Waals surface area contributed by atoms with Gasteiger partial charge in [0.2, 0.25) is 6.79 Å². The van der Waals surface area contributed by atoms with Crippen LogP contribution in [0.4, 0.5) is 0 Å². The number of hydrogen-bond donors (Lipinski definition) is 0. The van der Waals surface area contributed by atoms with E-state index < -0.39 is 0 Å². The van der Waals surface area contributed by atoms with Crippen LogP contribution in [-0.2, 0) is 6.42 Å². The van der Waals surface area contributed by atoms with Gasteiger partial charge in [0.05, 0.1) is 0 Å². The van der Waals surface area contributed by atoms with Gasteiger partial charge < -0.3 is 14.2 Å². The quantitative estimate of drug-likeness (QED) is 0.630. The zero-order valence-electron chi connectivity index (χ0n) is 8.29. The zero-order chi connectivity index (χ0) is 9.76. The molecular weight excluding hydrogens is 180 g/mol. The first-order chi connectivity index (χ1) is 6.64. The van der Waals surface area contributed by atoms with Crippen molar-refractivity contribution in [2.24, 2.45) is 0 Å². The first-order valence-electron chi connectivity index (χ1n) is 4.76. The van der Waals surface area contributed by atoms with E-state index in [0.717, 1.165) is 23.7 Å². The Morgan fingerprint density at radius 1 is 1.07 bits per heavy atom. The van der Waals surface area contributed by atoms with Gasteiger partial charge in [0.1, 0.15) is 11.4 Å². The van der Waals surface area contributed by atoms with E-state index in [9.17, 15) is 0 Å². The van der Waals surface area contributed by atoms with Crippen molar-refractivity contribution in [3.05, 3.63) is 17.7 Å². The second-order valence-corrected chi connectivity index (χ2v) is 4.35. The van der Waals surface area contributed by atoms with E-state index in [0.29, 0.717) is 6.79 Å².